The number of imidazole rings is 1. The van der Waals surface area contributed by atoms with E-state index < -0.39 is 0 Å². The Morgan fingerprint density at radius 2 is 1.90 bits per heavy atom. The van der Waals surface area contributed by atoms with Crippen molar-refractivity contribution in [2.45, 2.75) is 13.3 Å². The van der Waals surface area contributed by atoms with Gasteiger partial charge in [0.25, 0.3) is 0 Å². The number of nitrogens with zero attached hydrogens (tertiary/aromatic N) is 2. The molecule has 1 N–H and O–H groups in total. The lowest BCUT2D eigenvalue weighted by atomic mass is 10.1. The first-order valence-electron chi connectivity index (χ1n) is 9.34. The minimum Gasteiger partial charge on any atom is -0.497 e. The van der Waals surface area contributed by atoms with E-state index >= 15 is 0 Å². The smallest absolute Gasteiger partial charge is 0.219 e. The second-order valence-corrected chi connectivity index (χ2v) is 7.17. The molecule has 6 nitrogen and oxygen atoms in total. The minimum atomic E-state index is 0.0752. The van der Waals surface area contributed by atoms with Gasteiger partial charge in [-0.25, -0.2) is 4.98 Å². The third-order valence-corrected chi connectivity index (χ3v) is 5.14. The molecule has 0 radical (unpaired) electrons. The molecule has 0 atom stereocenters. The van der Waals surface area contributed by atoms with Crippen molar-refractivity contribution in [2.24, 2.45) is 0 Å². The molecule has 0 saturated heterocycles. The van der Waals surface area contributed by atoms with Crippen molar-refractivity contribution in [3.05, 3.63) is 76.9 Å². The summed E-state index contributed by atoms with van der Waals surface area (Å²) in [7, 11) is 3.18. The zero-order chi connectivity index (χ0) is 21.3. The van der Waals surface area contributed by atoms with Crippen LogP contribution in [0.1, 0.15) is 17.3 Å². The largest absolute Gasteiger partial charge is 0.497 e. The first kappa shape index (κ1) is 19.9. The maximum absolute atomic E-state index is 10.8. The van der Waals surface area contributed by atoms with Crippen LogP contribution in [0.4, 0.5) is 0 Å². The lowest BCUT2D eigenvalue weighted by Crippen LogP contribution is -1.97. The van der Waals surface area contributed by atoms with Gasteiger partial charge >= 0.3 is 0 Å². The molecule has 0 aliphatic rings. The molecule has 0 unspecified atom stereocenters. The summed E-state index contributed by atoms with van der Waals surface area (Å²) >= 11 is 6.22. The Bertz CT molecular complexity index is 1200. The maximum atomic E-state index is 10.8. The summed E-state index contributed by atoms with van der Waals surface area (Å²) in [5, 5.41) is 11.3. The van der Waals surface area contributed by atoms with Crippen LogP contribution in [0.15, 0.2) is 59.0 Å². The van der Waals surface area contributed by atoms with Gasteiger partial charge in [0.15, 0.2) is 0 Å². The Morgan fingerprint density at radius 1 is 1.07 bits per heavy atom. The standard InChI is InChI=1S/C23H21ClN2O4/c1-14-25-20(23(27)26(14)16-5-4-6-17(12-16)28-2)13-18-8-10-21(30-18)15-7-9-22(29-3)19(24)11-15/h4-12,27H,13H2,1-3H3. The van der Waals surface area contributed by atoms with E-state index in [-0.39, 0.29) is 5.88 Å². The number of aromatic nitrogens is 2. The summed E-state index contributed by atoms with van der Waals surface area (Å²) in [4.78, 5) is 4.53. The predicted molar refractivity (Wildman–Crippen MR) is 115 cm³/mol. The number of aromatic hydroxyl groups is 1. The number of hydrogen-bond donors (Lipinski definition) is 1. The van der Waals surface area contributed by atoms with E-state index in [1.54, 1.807) is 30.9 Å². The quantitative estimate of drug-likeness (QED) is 0.448. The maximum Gasteiger partial charge on any atom is 0.219 e. The van der Waals surface area contributed by atoms with E-state index in [0.29, 0.717) is 46.0 Å². The van der Waals surface area contributed by atoms with E-state index in [2.05, 4.69) is 4.98 Å². The minimum absolute atomic E-state index is 0.0752. The van der Waals surface area contributed by atoms with Crippen molar-refractivity contribution in [1.82, 2.24) is 9.55 Å². The molecule has 4 rings (SSSR count). The lowest BCUT2D eigenvalue weighted by molar-refractivity contribution is 0.413. The second-order valence-electron chi connectivity index (χ2n) is 6.76. The monoisotopic (exact) mass is 424 g/mol. The van der Waals surface area contributed by atoms with Gasteiger partial charge in [-0.1, -0.05) is 17.7 Å². The van der Waals surface area contributed by atoms with E-state index in [0.717, 1.165) is 11.3 Å². The molecule has 0 saturated carbocycles. The molecule has 2 aromatic carbocycles. The predicted octanol–water partition coefficient (Wildman–Crippen LogP) is 5.41. The fourth-order valence-electron chi connectivity index (χ4n) is 3.37. The van der Waals surface area contributed by atoms with Crippen LogP contribution in [0.2, 0.25) is 5.02 Å². The Labute approximate surface area is 179 Å². The molecule has 7 heteroatoms. The Kier molecular flexibility index (Phi) is 5.42. The van der Waals surface area contributed by atoms with Gasteiger partial charge in [-0.2, -0.15) is 0 Å². The summed E-state index contributed by atoms with van der Waals surface area (Å²) < 4.78 is 18.1. The summed E-state index contributed by atoms with van der Waals surface area (Å²) in [5.41, 5.74) is 2.15. The molecule has 0 amide bonds. The van der Waals surface area contributed by atoms with Gasteiger partial charge in [0, 0.05) is 11.6 Å². The number of hydrogen-bond acceptors (Lipinski definition) is 5. The van der Waals surface area contributed by atoms with Crippen molar-refractivity contribution >= 4 is 11.6 Å². The van der Waals surface area contributed by atoms with Crippen molar-refractivity contribution in [3.8, 4) is 34.4 Å². The van der Waals surface area contributed by atoms with E-state index in [1.165, 1.54) is 0 Å². The summed E-state index contributed by atoms with van der Waals surface area (Å²) in [6.07, 6.45) is 0.355. The Balaban J connectivity index is 1.61. The molecule has 0 spiro atoms. The van der Waals surface area contributed by atoms with Gasteiger partial charge in [-0.05, 0) is 49.4 Å². The second kappa shape index (κ2) is 8.16. The number of furan rings is 1. The summed E-state index contributed by atoms with van der Waals surface area (Å²) in [6.45, 7) is 1.84. The topological polar surface area (TPSA) is 69.7 Å². The average molecular weight is 425 g/mol. The zero-order valence-electron chi connectivity index (χ0n) is 16.8. The van der Waals surface area contributed by atoms with Crippen molar-refractivity contribution < 1.29 is 19.0 Å². The van der Waals surface area contributed by atoms with Crippen LogP contribution in [0.25, 0.3) is 17.0 Å². The Hall–Kier alpha value is -3.38. The molecule has 154 valence electrons. The number of halogens is 1. The van der Waals surface area contributed by atoms with E-state index in [4.69, 9.17) is 25.5 Å². The van der Waals surface area contributed by atoms with Crippen molar-refractivity contribution in [2.75, 3.05) is 14.2 Å². The van der Waals surface area contributed by atoms with Crippen LogP contribution in [0, 0.1) is 6.92 Å². The van der Waals surface area contributed by atoms with Crippen LogP contribution < -0.4 is 9.47 Å². The first-order chi connectivity index (χ1) is 14.5. The zero-order valence-corrected chi connectivity index (χ0v) is 17.6. The van der Waals surface area contributed by atoms with E-state index in [9.17, 15) is 5.11 Å². The molecule has 4 aromatic rings. The van der Waals surface area contributed by atoms with Crippen molar-refractivity contribution in [3.63, 3.8) is 0 Å². The highest BCUT2D eigenvalue weighted by Crippen LogP contribution is 2.33. The van der Waals surface area contributed by atoms with Crippen LogP contribution in [-0.4, -0.2) is 28.9 Å². The lowest BCUT2D eigenvalue weighted by Gasteiger charge is -2.08. The van der Waals surface area contributed by atoms with Crippen LogP contribution in [0.3, 0.4) is 0 Å². The fourth-order valence-corrected chi connectivity index (χ4v) is 3.63. The summed E-state index contributed by atoms with van der Waals surface area (Å²) in [6, 6.07) is 16.7. The highest BCUT2D eigenvalue weighted by atomic mass is 35.5. The highest BCUT2D eigenvalue weighted by molar-refractivity contribution is 6.32. The van der Waals surface area contributed by atoms with E-state index in [1.807, 2.05) is 49.4 Å². The van der Waals surface area contributed by atoms with Crippen LogP contribution >= 0.6 is 11.6 Å². The molecule has 0 fully saturated rings. The number of aryl methyl sites for hydroxylation is 1. The number of benzene rings is 2. The Morgan fingerprint density at radius 3 is 2.63 bits per heavy atom. The molecule has 30 heavy (non-hydrogen) atoms. The van der Waals surface area contributed by atoms with Gasteiger partial charge in [0.1, 0.15) is 34.5 Å². The SMILES string of the molecule is COc1cccc(-n2c(C)nc(Cc3ccc(-c4ccc(OC)c(Cl)c4)o3)c2O)c1. The molecular formula is C23H21ClN2O4. The van der Waals surface area contributed by atoms with Gasteiger partial charge in [0.2, 0.25) is 5.88 Å². The number of methoxy groups -OCH3 is 2. The third-order valence-electron chi connectivity index (χ3n) is 4.84. The van der Waals surface area contributed by atoms with Gasteiger partial charge in [-0.15, -0.1) is 0 Å². The molecule has 0 aliphatic heterocycles. The summed E-state index contributed by atoms with van der Waals surface area (Å²) in [5.74, 6) is 3.42. The van der Waals surface area contributed by atoms with Crippen LogP contribution in [-0.2, 0) is 6.42 Å². The average Bonchev–Trinajstić information content (AvgIpc) is 3.32. The molecular weight excluding hydrogens is 404 g/mol. The number of rotatable bonds is 6. The number of ether oxygens (including phenoxy) is 2. The van der Waals surface area contributed by atoms with Gasteiger partial charge < -0.3 is 19.0 Å². The normalized spacial score (nSPS) is 10.9. The molecule has 0 aliphatic carbocycles. The van der Waals surface area contributed by atoms with Crippen molar-refractivity contribution in [1.29, 1.82) is 0 Å². The van der Waals surface area contributed by atoms with Gasteiger partial charge in [-0.3, -0.25) is 4.57 Å². The molecule has 0 bridgehead atoms. The van der Waals surface area contributed by atoms with Gasteiger partial charge in [0.05, 0.1) is 31.4 Å². The molecule has 2 aromatic heterocycles. The third kappa shape index (κ3) is 3.74. The first-order valence-corrected chi connectivity index (χ1v) is 9.72. The van der Waals surface area contributed by atoms with Crippen LogP contribution in [0.5, 0.6) is 17.4 Å². The highest BCUT2D eigenvalue weighted by Gasteiger charge is 2.18. The molecule has 2 heterocycles. The fraction of sp³-hybridized carbons (Fsp3) is 0.174.